The predicted molar refractivity (Wildman–Crippen MR) is 102 cm³/mol. The van der Waals surface area contributed by atoms with Gasteiger partial charge in [0.1, 0.15) is 5.82 Å². The van der Waals surface area contributed by atoms with Gasteiger partial charge < -0.3 is 10.2 Å². The molecule has 1 fully saturated rings. The van der Waals surface area contributed by atoms with Crippen LogP contribution >= 0.6 is 0 Å². The number of carbonyl (C=O) groups is 2. The molecule has 0 radical (unpaired) electrons. The second-order valence-corrected chi connectivity index (χ2v) is 7.56. The van der Waals surface area contributed by atoms with Crippen molar-refractivity contribution in [1.82, 2.24) is 20.2 Å². The van der Waals surface area contributed by atoms with Crippen molar-refractivity contribution >= 4 is 11.8 Å². The molecule has 0 aromatic carbocycles. The largest absolute Gasteiger partial charge is 0.354 e. The highest BCUT2D eigenvalue weighted by molar-refractivity contribution is 5.79. The number of likely N-dealkylation sites (tertiary alicyclic amines) is 1. The van der Waals surface area contributed by atoms with Gasteiger partial charge >= 0.3 is 0 Å². The summed E-state index contributed by atoms with van der Waals surface area (Å²) in [5.74, 6) is 1.21. The monoisotopic (exact) mass is 360 g/mol. The lowest BCUT2D eigenvalue weighted by Crippen LogP contribution is -2.39. The first kappa shape index (κ1) is 20.3. The van der Waals surface area contributed by atoms with Crippen molar-refractivity contribution in [1.29, 1.82) is 0 Å². The normalized spacial score (nSPS) is 17.5. The van der Waals surface area contributed by atoms with E-state index in [2.05, 4.69) is 5.32 Å². The maximum Gasteiger partial charge on any atom is 0.224 e. The highest BCUT2D eigenvalue weighted by atomic mass is 16.2. The van der Waals surface area contributed by atoms with E-state index < -0.39 is 0 Å². The standard InChI is InChI=1S/C20H32N4O2/c1-6-8-19(26)24-10-7-9-16(12-24)20-22-14(4)17(15(5)23-20)11-18(25)21-13(2)3/h13,16H,6-12H2,1-5H3,(H,21,25)/t16-/m1/s1. The number of nitrogens with one attached hydrogen (secondary N) is 1. The number of rotatable bonds is 6. The average Bonchev–Trinajstić information content (AvgIpc) is 2.57. The minimum absolute atomic E-state index is 0.00319. The third kappa shape index (κ3) is 5.26. The van der Waals surface area contributed by atoms with Crippen molar-refractivity contribution in [2.75, 3.05) is 13.1 Å². The Hall–Kier alpha value is -1.98. The number of aromatic nitrogens is 2. The highest BCUT2D eigenvalue weighted by Crippen LogP contribution is 2.26. The summed E-state index contributed by atoms with van der Waals surface area (Å²) in [6.07, 6.45) is 3.78. The van der Waals surface area contributed by atoms with Crippen molar-refractivity contribution < 1.29 is 9.59 Å². The van der Waals surface area contributed by atoms with E-state index in [1.807, 2.05) is 39.5 Å². The van der Waals surface area contributed by atoms with Gasteiger partial charge in [-0.25, -0.2) is 9.97 Å². The molecule has 26 heavy (non-hydrogen) atoms. The van der Waals surface area contributed by atoms with E-state index in [0.717, 1.165) is 48.6 Å². The fourth-order valence-corrected chi connectivity index (χ4v) is 3.52. The average molecular weight is 361 g/mol. The Labute approximate surface area is 156 Å². The number of nitrogens with zero attached hydrogens (tertiary/aromatic N) is 3. The fourth-order valence-electron chi connectivity index (χ4n) is 3.52. The first-order valence-electron chi connectivity index (χ1n) is 9.73. The summed E-state index contributed by atoms with van der Waals surface area (Å²) >= 11 is 0. The number of amides is 2. The SMILES string of the molecule is CCCC(=O)N1CCC[C@@H](c2nc(C)c(CC(=O)NC(C)C)c(C)n2)C1. The van der Waals surface area contributed by atoms with Crippen molar-refractivity contribution in [3.05, 3.63) is 22.8 Å². The Kier molecular flexibility index (Phi) is 7.12. The summed E-state index contributed by atoms with van der Waals surface area (Å²) in [4.78, 5) is 35.7. The molecule has 1 N–H and O–H groups in total. The molecule has 0 bridgehead atoms. The smallest absolute Gasteiger partial charge is 0.224 e. The van der Waals surface area contributed by atoms with E-state index in [1.165, 1.54) is 0 Å². The van der Waals surface area contributed by atoms with Gasteiger partial charge in [0.15, 0.2) is 0 Å². The van der Waals surface area contributed by atoms with E-state index in [9.17, 15) is 9.59 Å². The van der Waals surface area contributed by atoms with Crippen LogP contribution in [0.15, 0.2) is 0 Å². The zero-order valence-corrected chi connectivity index (χ0v) is 16.8. The van der Waals surface area contributed by atoms with Gasteiger partial charge in [-0.3, -0.25) is 9.59 Å². The lowest BCUT2D eigenvalue weighted by molar-refractivity contribution is -0.132. The van der Waals surface area contributed by atoms with Crippen molar-refractivity contribution in [3.8, 4) is 0 Å². The lowest BCUT2D eigenvalue weighted by atomic mass is 9.96. The molecule has 1 aromatic rings. The summed E-state index contributed by atoms with van der Waals surface area (Å²) < 4.78 is 0. The molecule has 2 rings (SSSR count). The second-order valence-electron chi connectivity index (χ2n) is 7.56. The predicted octanol–water partition coefficient (Wildman–Crippen LogP) is 2.67. The first-order valence-corrected chi connectivity index (χ1v) is 9.73. The molecule has 144 valence electrons. The summed E-state index contributed by atoms with van der Waals surface area (Å²) in [5, 5.41) is 2.92. The summed E-state index contributed by atoms with van der Waals surface area (Å²) in [5.41, 5.74) is 2.63. The van der Waals surface area contributed by atoms with E-state index >= 15 is 0 Å². The Morgan fingerprint density at radius 2 is 1.88 bits per heavy atom. The van der Waals surface area contributed by atoms with Crippen LogP contribution in [0.4, 0.5) is 0 Å². The molecule has 1 aliphatic rings. The van der Waals surface area contributed by atoms with Gasteiger partial charge in [0.05, 0.1) is 6.42 Å². The van der Waals surface area contributed by atoms with Gasteiger partial charge in [-0.1, -0.05) is 6.92 Å². The molecule has 0 saturated carbocycles. The zero-order chi connectivity index (χ0) is 19.3. The summed E-state index contributed by atoms with van der Waals surface area (Å²) in [7, 11) is 0. The van der Waals surface area contributed by atoms with Crippen LogP contribution in [0.2, 0.25) is 0 Å². The highest BCUT2D eigenvalue weighted by Gasteiger charge is 2.27. The van der Waals surface area contributed by atoms with Gasteiger partial charge in [-0.05, 0) is 47.0 Å². The molecule has 0 unspecified atom stereocenters. The molecule has 1 saturated heterocycles. The third-order valence-corrected chi connectivity index (χ3v) is 4.83. The molecule has 2 amide bonds. The lowest BCUT2D eigenvalue weighted by Gasteiger charge is -2.32. The summed E-state index contributed by atoms with van der Waals surface area (Å²) in [6, 6.07) is 0.122. The van der Waals surface area contributed by atoms with Gasteiger partial charge in [0, 0.05) is 48.4 Å². The first-order chi connectivity index (χ1) is 12.3. The molecule has 6 heteroatoms. The van der Waals surface area contributed by atoms with Crippen LogP contribution in [0.3, 0.4) is 0 Å². The maximum absolute atomic E-state index is 12.2. The van der Waals surface area contributed by atoms with Crippen LogP contribution < -0.4 is 5.32 Å². The molecular formula is C20H32N4O2. The van der Waals surface area contributed by atoms with E-state index in [0.29, 0.717) is 19.4 Å². The van der Waals surface area contributed by atoms with Crippen molar-refractivity contribution in [2.45, 2.75) is 78.7 Å². The molecule has 1 atom stereocenters. The van der Waals surface area contributed by atoms with Gasteiger partial charge in [0.25, 0.3) is 0 Å². The molecule has 0 spiro atoms. The molecule has 2 heterocycles. The van der Waals surface area contributed by atoms with Crippen LogP contribution in [0, 0.1) is 13.8 Å². The van der Waals surface area contributed by atoms with E-state index in [4.69, 9.17) is 9.97 Å². The van der Waals surface area contributed by atoms with Crippen molar-refractivity contribution in [3.63, 3.8) is 0 Å². The van der Waals surface area contributed by atoms with E-state index in [-0.39, 0.29) is 23.8 Å². The Balaban J connectivity index is 2.13. The molecule has 1 aliphatic heterocycles. The Morgan fingerprint density at radius 3 is 2.46 bits per heavy atom. The quantitative estimate of drug-likeness (QED) is 0.846. The maximum atomic E-state index is 12.2. The number of carbonyl (C=O) groups excluding carboxylic acids is 2. The summed E-state index contributed by atoms with van der Waals surface area (Å²) in [6.45, 7) is 11.4. The molecule has 0 aliphatic carbocycles. The number of piperidine rings is 1. The van der Waals surface area contributed by atoms with Crippen LogP contribution in [0.1, 0.15) is 75.1 Å². The van der Waals surface area contributed by atoms with Crippen LogP contribution in [0.5, 0.6) is 0 Å². The fraction of sp³-hybridized carbons (Fsp3) is 0.700. The number of aryl methyl sites for hydroxylation is 2. The topological polar surface area (TPSA) is 75.2 Å². The molecular weight excluding hydrogens is 328 g/mol. The van der Waals surface area contributed by atoms with Crippen molar-refractivity contribution in [2.24, 2.45) is 0 Å². The number of hydrogen-bond acceptors (Lipinski definition) is 4. The molecule has 6 nitrogen and oxygen atoms in total. The van der Waals surface area contributed by atoms with Crippen LogP contribution in [0.25, 0.3) is 0 Å². The zero-order valence-electron chi connectivity index (χ0n) is 16.8. The van der Waals surface area contributed by atoms with Gasteiger partial charge in [-0.15, -0.1) is 0 Å². The Bertz CT molecular complexity index is 634. The van der Waals surface area contributed by atoms with Crippen LogP contribution in [-0.2, 0) is 16.0 Å². The van der Waals surface area contributed by atoms with Gasteiger partial charge in [0.2, 0.25) is 11.8 Å². The number of hydrogen-bond donors (Lipinski definition) is 1. The van der Waals surface area contributed by atoms with E-state index in [1.54, 1.807) is 0 Å². The minimum Gasteiger partial charge on any atom is -0.354 e. The second kappa shape index (κ2) is 9.10. The Morgan fingerprint density at radius 1 is 1.23 bits per heavy atom. The van der Waals surface area contributed by atoms with Crippen LogP contribution in [-0.4, -0.2) is 45.8 Å². The molecule has 1 aromatic heterocycles. The third-order valence-electron chi connectivity index (χ3n) is 4.83. The van der Waals surface area contributed by atoms with Gasteiger partial charge in [-0.2, -0.15) is 0 Å². The minimum atomic E-state index is -0.00319.